The van der Waals surface area contributed by atoms with Crippen LogP contribution >= 0.6 is 0 Å². The number of hydrogen-bond acceptors (Lipinski definition) is 3. The molecule has 5 rings (SSSR count). The third kappa shape index (κ3) is 5.47. The highest BCUT2D eigenvalue weighted by molar-refractivity contribution is 5.83. The van der Waals surface area contributed by atoms with E-state index in [0.717, 1.165) is 42.8 Å². The van der Waals surface area contributed by atoms with Gasteiger partial charge in [0, 0.05) is 24.9 Å². The lowest BCUT2D eigenvalue weighted by molar-refractivity contribution is -0.146. The van der Waals surface area contributed by atoms with Gasteiger partial charge in [0.15, 0.2) is 0 Å². The van der Waals surface area contributed by atoms with Crippen LogP contribution in [0.2, 0.25) is 0 Å². The standard InChI is InChI=1S/C27H40N2O3/c1-26(2,3)22-6-8-23(9-7-22)32-12-4-5-24(30)28-10-11-29-25(31)27-16-19-13-20(17-27)15-21(14-19)18-27/h6-9,19-21H,4-5,10-18H2,1-3H3,(H,28,30)(H,29,31). The summed E-state index contributed by atoms with van der Waals surface area (Å²) in [5.41, 5.74) is 1.30. The molecule has 4 aliphatic rings. The zero-order chi connectivity index (χ0) is 22.8. The van der Waals surface area contributed by atoms with Crippen molar-refractivity contribution in [3.8, 4) is 5.75 Å². The number of carbonyl (C=O) groups excluding carboxylic acids is 2. The number of rotatable bonds is 9. The molecule has 5 heteroatoms. The molecule has 0 spiro atoms. The van der Waals surface area contributed by atoms with E-state index in [4.69, 9.17) is 4.74 Å². The number of hydrogen-bond donors (Lipinski definition) is 2. The molecule has 4 saturated carbocycles. The highest BCUT2D eigenvalue weighted by atomic mass is 16.5. The van der Waals surface area contributed by atoms with Gasteiger partial charge in [-0.25, -0.2) is 0 Å². The Morgan fingerprint density at radius 1 is 0.938 bits per heavy atom. The summed E-state index contributed by atoms with van der Waals surface area (Å²) in [4.78, 5) is 25.0. The van der Waals surface area contributed by atoms with Gasteiger partial charge in [0.25, 0.3) is 0 Å². The molecular weight excluding hydrogens is 400 g/mol. The van der Waals surface area contributed by atoms with E-state index in [1.165, 1.54) is 24.8 Å². The zero-order valence-corrected chi connectivity index (χ0v) is 20.0. The van der Waals surface area contributed by atoms with Crippen LogP contribution in [0, 0.1) is 23.2 Å². The van der Waals surface area contributed by atoms with E-state index in [1.807, 2.05) is 12.1 Å². The van der Waals surface area contributed by atoms with E-state index < -0.39 is 0 Å². The number of amides is 2. The predicted octanol–water partition coefficient (Wildman–Crippen LogP) is 4.59. The summed E-state index contributed by atoms with van der Waals surface area (Å²) in [6.45, 7) is 8.10. The molecule has 2 N–H and O–H groups in total. The Balaban J connectivity index is 1.08. The highest BCUT2D eigenvalue weighted by Crippen LogP contribution is 2.60. The molecule has 0 unspecified atom stereocenters. The summed E-state index contributed by atoms with van der Waals surface area (Å²) < 4.78 is 5.76. The maximum Gasteiger partial charge on any atom is 0.226 e. The molecule has 0 aliphatic heterocycles. The number of nitrogens with one attached hydrogen (secondary N) is 2. The zero-order valence-electron chi connectivity index (χ0n) is 20.0. The van der Waals surface area contributed by atoms with E-state index >= 15 is 0 Å². The van der Waals surface area contributed by atoms with Crippen LogP contribution in [0.15, 0.2) is 24.3 Å². The largest absolute Gasteiger partial charge is 0.494 e. The van der Waals surface area contributed by atoms with Crippen molar-refractivity contribution in [2.45, 2.75) is 77.6 Å². The molecule has 4 aliphatic carbocycles. The van der Waals surface area contributed by atoms with Gasteiger partial charge in [-0.05, 0) is 85.8 Å². The smallest absolute Gasteiger partial charge is 0.226 e. The normalized spacial score (nSPS) is 28.4. The van der Waals surface area contributed by atoms with Crippen molar-refractivity contribution in [2.24, 2.45) is 23.2 Å². The van der Waals surface area contributed by atoms with Crippen molar-refractivity contribution in [3.63, 3.8) is 0 Å². The predicted molar refractivity (Wildman–Crippen MR) is 126 cm³/mol. The fraction of sp³-hybridized carbons (Fsp3) is 0.704. The van der Waals surface area contributed by atoms with Crippen LogP contribution in [0.3, 0.4) is 0 Å². The lowest BCUT2D eigenvalue weighted by atomic mass is 9.49. The number of carbonyl (C=O) groups is 2. The molecule has 1 aromatic carbocycles. The van der Waals surface area contributed by atoms with Crippen LogP contribution < -0.4 is 15.4 Å². The van der Waals surface area contributed by atoms with Crippen molar-refractivity contribution in [1.29, 1.82) is 0 Å². The number of benzene rings is 1. The first-order chi connectivity index (χ1) is 15.2. The Morgan fingerprint density at radius 2 is 1.50 bits per heavy atom. The van der Waals surface area contributed by atoms with Crippen molar-refractivity contribution in [1.82, 2.24) is 10.6 Å². The van der Waals surface area contributed by atoms with Crippen LogP contribution in [-0.4, -0.2) is 31.5 Å². The molecule has 4 fully saturated rings. The molecule has 0 aromatic heterocycles. The summed E-state index contributed by atoms with van der Waals surface area (Å²) in [5.74, 6) is 3.39. The second-order valence-electron chi connectivity index (χ2n) is 11.5. The Morgan fingerprint density at radius 3 is 2.06 bits per heavy atom. The molecule has 0 heterocycles. The minimum Gasteiger partial charge on any atom is -0.494 e. The second-order valence-corrected chi connectivity index (χ2v) is 11.5. The minimum atomic E-state index is -0.110. The van der Waals surface area contributed by atoms with Crippen LogP contribution in [0.1, 0.15) is 77.7 Å². The summed E-state index contributed by atoms with van der Waals surface area (Å²) >= 11 is 0. The Bertz CT molecular complexity index is 774. The third-order valence-electron chi connectivity index (χ3n) is 7.79. The quantitative estimate of drug-likeness (QED) is 0.552. The van der Waals surface area contributed by atoms with Crippen LogP contribution in [0.4, 0.5) is 0 Å². The van der Waals surface area contributed by atoms with Crippen molar-refractivity contribution in [3.05, 3.63) is 29.8 Å². The molecular formula is C27H40N2O3. The highest BCUT2D eigenvalue weighted by Gasteiger charge is 2.54. The third-order valence-corrected chi connectivity index (χ3v) is 7.79. The van der Waals surface area contributed by atoms with Gasteiger partial charge in [-0.1, -0.05) is 32.9 Å². The number of ether oxygens (including phenoxy) is 1. The van der Waals surface area contributed by atoms with E-state index in [0.29, 0.717) is 32.5 Å². The van der Waals surface area contributed by atoms with Crippen molar-refractivity contribution < 1.29 is 14.3 Å². The summed E-state index contributed by atoms with van der Waals surface area (Å²) in [6.07, 6.45) is 8.37. The first-order valence-electron chi connectivity index (χ1n) is 12.5. The average molecular weight is 441 g/mol. The van der Waals surface area contributed by atoms with Gasteiger partial charge in [-0.3, -0.25) is 9.59 Å². The fourth-order valence-electron chi connectivity index (χ4n) is 6.52. The second kappa shape index (κ2) is 9.44. The van der Waals surface area contributed by atoms with Gasteiger partial charge in [0.1, 0.15) is 5.75 Å². The lowest BCUT2D eigenvalue weighted by Gasteiger charge is -2.55. The maximum absolute atomic E-state index is 12.9. The van der Waals surface area contributed by atoms with Crippen LogP contribution in [-0.2, 0) is 15.0 Å². The lowest BCUT2D eigenvalue weighted by Crippen LogP contribution is -2.54. The first kappa shape index (κ1) is 23.1. The van der Waals surface area contributed by atoms with E-state index in [-0.39, 0.29) is 22.6 Å². The van der Waals surface area contributed by atoms with E-state index in [2.05, 4.69) is 43.5 Å². The summed E-state index contributed by atoms with van der Waals surface area (Å²) in [6, 6.07) is 8.18. The molecule has 5 nitrogen and oxygen atoms in total. The van der Waals surface area contributed by atoms with Gasteiger partial charge in [-0.2, -0.15) is 0 Å². The monoisotopic (exact) mass is 440 g/mol. The fourth-order valence-corrected chi connectivity index (χ4v) is 6.52. The molecule has 0 radical (unpaired) electrons. The van der Waals surface area contributed by atoms with Crippen molar-refractivity contribution >= 4 is 11.8 Å². The Labute approximate surface area is 193 Å². The molecule has 0 atom stereocenters. The average Bonchev–Trinajstić information content (AvgIpc) is 2.73. The van der Waals surface area contributed by atoms with Gasteiger partial charge in [0.2, 0.25) is 11.8 Å². The van der Waals surface area contributed by atoms with E-state index in [9.17, 15) is 9.59 Å². The molecule has 2 amide bonds. The Kier molecular flexibility index (Phi) is 6.83. The van der Waals surface area contributed by atoms with Gasteiger partial charge in [0.05, 0.1) is 6.61 Å². The minimum absolute atomic E-state index is 0.0146. The van der Waals surface area contributed by atoms with E-state index in [1.54, 1.807) is 0 Å². The van der Waals surface area contributed by atoms with Crippen LogP contribution in [0.5, 0.6) is 5.75 Å². The molecule has 0 saturated heterocycles. The SMILES string of the molecule is CC(C)(C)c1ccc(OCCCC(=O)NCCNC(=O)C23CC4CC(CC(C4)C2)C3)cc1. The van der Waals surface area contributed by atoms with Gasteiger partial charge in [-0.15, -0.1) is 0 Å². The summed E-state index contributed by atoms with van der Waals surface area (Å²) in [5, 5.41) is 6.05. The van der Waals surface area contributed by atoms with Gasteiger partial charge < -0.3 is 15.4 Å². The first-order valence-corrected chi connectivity index (χ1v) is 12.5. The topological polar surface area (TPSA) is 67.4 Å². The Hall–Kier alpha value is -2.04. The molecule has 4 bridgehead atoms. The molecule has 32 heavy (non-hydrogen) atoms. The van der Waals surface area contributed by atoms with Crippen LogP contribution in [0.25, 0.3) is 0 Å². The molecule has 176 valence electrons. The van der Waals surface area contributed by atoms with Crippen molar-refractivity contribution in [2.75, 3.05) is 19.7 Å². The van der Waals surface area contributed by atoms with Gasteiger partial charge >= 0.3 is 0 Å². The summed E-state index contributed by atoms with van der Waals surface area (Å²) in [7, 11) is 0. The molecule has 1 aromatic rings. The maximum atomic E-state index is 12.9.